The lowest BCUT2D eigenvalue weighted by atomic mass is 10.2. The molecule has 0 bridgehead atoms. The van der Waals surface area contributed by atoms with E-state index in [-0.39, 0.29) is 11.7 Å². The fraction of sp³-hybridized carbons (Fsp3) is 0.250. The van der Waals surface area contributed by atoms with Crippen molar-refractivity contribution in [2.45, 2.75) is 17.6 Å². The first-order valence-electron chi connectivity index (χ1n) is 8.48. The molecule has 142 valence electrons. The molecule has 0 radical (unpaired) electrons. The van der Waals surface area contributed by atoms with Crippen LogP contribution >= 0.6 is 23.5 Å². The molecule has 1 saturated heterocycles. The molecule has 1 aliphatic rings. The Kier molecular flexibility index (Phi) is 7.18. The second kappa shape index (κ2) is 9.80. The first-order chi connectivity index (χ1) is 13.1. The van der Waals surface area contributed by atoms with E-state index in [9.17, 15) is 13.6 Å². The van der Waals surface area contributed by atoms with E-state index in [0.29, 0.717) is 15.8 Å². The van der Waals surface area contributed by atoms with Gasteiger partial charge < -0.3 is 10.1 Å². The second-order valence-corrected chi connectivity index (χ2v) is 8.52. The van der Waals surface area contributed by atoms with E-state index in [4.69, 9.17) is 0 Å². The molecule has 1 amide bonds. The SMILES string of the molecule is O=C(/C=C/c1ccccc1OC(F)F)Nc1cccc(C2SCCCS2)c1. The average molecular weight is 408 g/mol. The van der Waals surface area contributed by atoms with Crippen molar-refractivity contribution < 1.29 is 18.3 Å². The van der Waals surface area contributed by atoms with Crippen molar-refractivity contribution in [1.82, 2.24) is 0 Å². The van der Waals surface area contributed by atoms with Crippen molar-refractivity contribution in [2.75, 3.05) is 16.8 Å². The average Bonchev–Trinajstić information content (AvgIpc) is 2.68. The highest BCUT2D eigenvalue weighted by molar-refractivity contribution is 8.16. The molecular formula is C20H19F2NO2S2. The van der Waals surface area contributed by atoms with Gasteiger partial charge in [-0.05, 0) is 47.8 Å². The smallest absolute Gasteiger partial charge is 0.387 e. The van der Waals surface area contributed by atoms with Gasteiger partial charge in [0.1, 0.15) is 5.75 Å². The van der Waals surface area contributed by atoms with Gasteiger partial charge in [0.25, 0.3) is 0 Å². The molecular weight excluding hydrogens is 388 g/mol. The number of nitrogens with one attached hydrogen (secondary N) is 1. The molecule has 0 unspecified atom stereocenters. The van der Waals surface area contributed by atoms with Crippen molar-refractivity contribution >= 4 is 41.2 Å². The van der Waals surface area contributed by atoms with Crippen molar-refractivity contribution in [1.29, 1.82) is 0 Å². The Hall–Kier alpha value is -1.99. The van der Waals surface area contributed by atoms with Gasteiger partial charge in [0.15, 0.2) is 0 Å². The van der Waals surface area contributed by atoms with Crippen LogP contribution in [0.1, 0.15) is 22.1 Å². The molecule has 1 N–H and O–H groups in total. The molecule has 1 aliphatic heterocycles. The Morgan fingerprint density at radius 2 is 1.93 bits per heavy atom. The van der Waals surface area contributed by atoms with Crippen LogP contribution in [0.2, 0.25) is 0 Å². The van der Waals surface area contributed by atoms with Crippen LogP contribution in [0.4, 0.5) is 14.5 Å². The number of ether oxygens (including phenoxy) is 1. The predicted molar refractivity (Wildman–Crippen MR) is 109 cm³/mol. The highest BCUT2D eigenvalue weighted by Crippen LogP contribution is 2.44. The summed E-state index contributed by atoms with van der Waals surface area (Å²) in [5, 5.41) is 2.82. The summed E-state index contributed by atoms with van der Waals surface area (Å²) in [5.74, 6) is 2.00. The van der Waals surface area contributed by atoms with Crippen LogP contribution in [0.25, 0.3) is 6.08 Å². The normalized spacial score (nSPS) is 15.2. The number of thioether (sulfide) groups is 2. The zero-order valence-electron chi connectivity index (χ0n) is 14.4. The van der Waals surface area contributed by atoms with Gasteiger partial charge in [0.05, 0.1) is 4.58 Å². The summed E-state index contributed by atoms with van der Waals surface area (Å²) in [6.45, 7) is -2.91. The van der Waals surface area contributed by atoms with E-state index in [1.807, 2.05) is 41.7 Å². The quantitative estimate of drug-likeness (QED) is 0.614. The van der Waals surface area contributed by atoms with Crippen LogP contribution in [0.15, 0.2) is 54.6 Å². The number of halogens is 2. The van der Waals surface area contributed by atoms with E-state index in [1.165, 1.54) is 30.2 Å². The minimum Gasteiger partial charge on any atom is -0.434 e. The maximum absolute atomic E-state index is 12.4. The van der Waals surface area contributed by atoms with Crippen LogP contribution in [0.5, 0.6) is 5.75 Å². The number of hydrogen-bond acceptors (Lipinski definition) is 4. The number of rotatable bonds is 6. The fourth-order valence-electron chi connectivity index (χ4n) is 2.61. The molecule has 0 saturated carbocycles. The zero-order chi connectivity index (χ0) is 19.1. The minimum atomic E-state index is -2.91. The molecule has 0 spiro atoms. The number of amides is 1. The van der Waals surface area contributed by atoms with Gasteiger partial charge in [-0.1, -0.05) is 30.3 Å². The van der Waals surface area contributed by atoms with E-state index in [2.05, 4.69) is 16.1 Å². The molecule has 1 fully saturated rings. The summed E-state index contributed by atoms with van der Waals surface area (Å²) >= 11 is 3.84. The van der Waals surface area contributed by atoms with Crippen molar-refractivity contribution in [3.8, 4) is 5.75 Å². The first kappa shape index (κ1) is 19.8. The molecule has 0 aromatic heterocycles. The molecule has 27 heavy (non-hydrogen) atoms. The minimum absolute atomic E-state index is 0.0323. The lowest BCUT2D eigenvalue weighted by Gasteiger charge is -2.21. The first-order valence-corrected chi connectivity index (χ1v) is 10.6. The van der Waals surface area contributed by atoms with Crippen LogP contribution in [-0.4, -0.2) is 24.0 Å². The van der Waals surface area contributed by atoms with Crippen molar-refractivity contribution in [3.05, 3.63) is 65.7 Å². The number of alkyl halides is 2. The third-order valence-electron chi connectivity index (χ3n) is 3.80. The number of carbonyl (C=O) groups excluding carboxylic acids is 1. The standard InChI is InChI=1S/C20H19F2NO2S2/c21-20(22)25-17-8-2-1-5-14(17)9-10-18(24)23-16-7-3-6-15(13-16)19-26-11-4-12-27-19/h1-3,5-10,13,19-20H,4,11-12H2,(H,23,24)/b10-9+. The third kappa shape index (κ3) is 6.01. The Balaban J connectivity index is 1.65. The molecule has 2 aromatic rings. The molecule has 1 heterocycles. The molecule has 0 aliphatic carbocycles. The molecule has 2 aromatic carbocycles. The monoisotopic (exact) mass is 407 g/mol. The van der Waals surface area contributed by atoms with Gasteiger partial charge in [-0.25, -0.2) is 0 Å². The van der Waals surface area contributed by atoms with Crippen LogP contribution in [0.3, 0.4) is 0 Å². The van der Waals surface area contributed by atoms with Gasteiger partial charge in [-0.2, -0.15) is 8.78 Å². The Morgan fingerprint density at radius 3 is 2.70 bits per heavy atom. The Labute approximate surface area is 165 Å². The number of benzene rings is 2. The van der Waals surface area contributed by atoms with Gasteiger partial charge in [-0.15, -0.1) is 23.5 Å². The summed E-state index contributed by atoms with van der Waals surface area (Å²) in [7, 11) is 0. The summed E-state index contributed by atoms with van der Waals surface area (Å²) < 4.78 is 29.7. The van der Waals surface area contributed by atoms with Crippen LogP contribution in [0, 0.1) is 0 Å². The zero-order valence-corrected chi connectivity index (χ0v) is 16.1. The second-order valence-electron chi connectivity index (χ2n) is 5.79. The van der Waals surface area contributed by atoms with E-state index in [0.717, 1.165) is 11.5 Å². The summed E-state index contributed by atoms with van der Waals surface area (Å²) in [5.41, 5.74) is 2.31. The predicted octanol–water partition coefficient (Wildman–Crippen LogP) is 5.81. The highest BCUT2D eigenvalue weighted by atomic mass is 32.2. The summed E-state index contributed by atoms with van der Waals surface area (Å²) in [6, 6.07) is 14.2. The molecule has 3 rings (SSSR count). The number of carbonyl (C=O) groups is 1. The summed E-state index contributed by atoms with van der Waals surface area (Å²) in [4.78, 5) is 12.2. The third-order valence-corrected chi connectivity index (χ3v) is 6.82. The van der Waals surface area contributed by atoms with Gasteiger partial charge in [0.2, 0.25) is 5.91 Å². The fourth-order valence-corrected chi connectivity index (χ4v) is 5.49. The molecule has 0 atom stereocenters. The lowest BCUT2D eigenvalue weighted by molar-refractivity contribution is -0.111. The Morgan fingerprint density at radius 1 is 1.15 bits per heavy atom. The molecule has 7 heteroatoms. The summed E-state index contributed by atoms with van der Waals surface area (Å²) in [6.07, 6.45) is 4.00. The number of para-hydroxylation sites is 1. The highest BCUT2D eigenvalue weighted by Gasteiger charge is 2.16. The van der Waals surface area contributed by atoms with Gasteiger partial charge in [0, 0.05) is 17.3 Å². The lowest BCUT2D eigenvalue weighted by Crippen LogP contribution is -2.08. The van der Waals surface area contributed by atoms with Crippen LogP contribution in [-0.2, 0) is 4.79 Å². The number of anilines is 1. The van der Waals surface area contributed by atoms with E-state index >= 15 is 0 Å². The van der Waals surface area contributed by atoms with E-state index in [1.54, 1.807) is 18.2 Å². The largest absolute Gasteiger partial charge is 0.434 e. The maximum Gasteiger partial charge on any atom is 0.387 e. The van der Waals surface area contributed by atoms with E-state index < -0.39 is 6.61 Å². The Bertz CT molecular complexity index is 808. The van der Waals surface area contributed by atoms with Gasteiger partial charge >= 0.3 is 6.61 Å². The van der Waals surface area contributed by atoms with Crippen molar-refractivity contribution in [2.24, 2.45) is 0 Å². The van der Waals surface area contributed by atoms with Crippen LogP contribution < -0.4 is 10.1 Å². The number of hydrogen-bond donors (Lipinski definition) is 1. The topological polar surface area (TPSA) is 38.3 Å². The maximum atomic E-state index is 12.4. The van der Waals surface area contributed by atoms with Gasteiger partial charge in [-0.3, -0.25) is 4.79 Å². The van der Waals surface area contributed by atoms with Crippen molar-refractivity contribution in [3.63, 3.8) is 0 Å². The molecule has 3 nitrogen and oxygen atoms in total.